The van der Waals surface area contributed by atoms with Gasteiger partial charge in [-0.05, 0) is 56.4 Å². The minimum atomic E-state index is -3.79. The molecule has 0 saturated carbocycles. The molecule has 2 aromatic rings. The Balaban J connectivity index is 1.53. The Morgan fingerprint density at radius 2 is 1.81 bits per heavy atom. The molecule has 7 nitrogen and oxygen atoms in total. The van der Waals surface area contributed by atoms with Gasteiger partial charge in [-0.2, -0.15) is 4.31 Å². The highest BCUT2D eigenvalue weighted by atomic mass is 35.5. The lowest BCUT2D eigenvalue weighted by atomic mass is 10.1. The number of hydrogen-bond acceptors (Lipinski definition) is 5. The van der Waals surface area contributed by atoms with Crippen LogP contribution in [0.3, 0.4) is 0 Å². The maximum Gasteiger partial charge on any atom is 0.338 e. The molecule has 1 unspecified atom stereocenters. The van der Waals surface area contributed by atoms with E-state index >= 15 is 0 Å². The average molecular weight is 479 g/mol. The molecule has 32 heavy (non-hydrogen) atoms. The van der Waals surface area contributed by atoms with Crippen LogP contribution in [0.2, 0.25) is 5.02 Å². The molecule has 1 fully saturated rings. The minimum Gasteiger partial charge on any atom is -0.452 e. The lowest BCUT2D eigenvalue weighted by Crippen LogP contribution is -2.36. The van der Waals surface area contributed by atoms with Gasteiger partial charge in [-0.15, -0.1) is 0 Å². The minimum absolute atomic E-state index is 0.0251. The first kappa shape index (κ1) is 24.2. The van der Waals surface area contributed by atoms with Crippen LogP contribution in [0.5, 0.6) is 0 Å². The smallest absolute Gasteiger partial charge is 0.338 e. The maximum absolute atomic E-state index is 12.8. The molecule has 9 heteroatoms. The molecule has 0 bridgehead atoms. The molecule has 3 rings (SSSR count). The first-order valence-electron chi connectivity index (χ1n) is 10.6. The van der Waals surface area contributed by atoms with Crippen LogP contribution < -0.4 is 5.32 Å². The summed E-state index contributed by atoms with van der Waals surface area (Å²) in [6.07, 6.45) is 3.15. The van der Waals surface area contributed by atoms with Crippen LogP contribution in [0.1, 0.15) is 42.1 Å². The summed E-state index contributed by atoms with van der Waals surface area (Å²) in [7, 11) is -3.79. The van der Waals surface area contributed by atoms with E-state index in [1.54, 1.807) is 0 Å². The first-order valence-corrected chi connectivity index (χ1v) is 12.4. The number of hydrogen-bond donors (Lipinski definition) is 1. The molecule has 0 spiro atoms. The van der Waals surface area contributed by atoms with E-state index in [4.69, 9.17) is 16.3 Å². The van der Waals surface area contributed by atoms with Gasteiger partial charge in [0.05, 0.1) is 10.6 Å². The molecule has 2 aromatic carbocycles. The Hall–Kier alpha value is -2.42. The van der Waals surface area contributed by atoms with Gasteiger partial charge in [0.2, 0.25) is 10.0 Å². The number of ether oxygens (including phenoxy) is 1. The Kier molecular flexibility index (Phi) is 8.28. The van der Waals surface area contributed by atoms with Gasteiger partial charge in [-0.3, -0.25) is 4.79 Å². The van der Waals surface area contributed by atoms with Crippen LogP contribution >= 0.6 is 11.6 Å². The first-order chi connectivity index (χ1) is 15.3. The van der Waals surface area contributed by atoms with E-state index in [-0.39, 0.29) is 21.5 Å². The van der Waals surface area contributed by atoms with Gasteiger partial charge in [0.1, 0.15) is 4.90 Å². The van der Waals surface area contributed by atoms with Gasteiger partial charge in [0.15, 0.2) is 6.61 Å². The van der Waals surface area contributed by atoms with E-state index in [9.17, 15) is 18.0 Å². The highest BCUT2D eigenvalue weighted by Crippen LogP contribution is 2.28. The lowest BCUT2D eigenvalue weighted by molar-refractivity contribution is -0.124. The van der Waals surface area contributed by atoms with Crippen molar-refractivity contribution < 1.29 is 22.7 Å². The molecule has 1 aliphatic heterocycles. The maximum atomic E-state index is 12.8. The van der Waals surface area contributed by atoms with Crippen molar-refractivity contribution in [1.82, 2.24) is 9.62 Å². The standard InChI is InChI=1S/C23H27ClN2O5S/c1-17(9-10-18-7-3-2-4-8-18)25-22(27)16-31-23(28)19-11-12-20(24)21(15-19)32(29,30)26-13-5-6-14-26/h2-4,7-8,11-12,15,17H,5-6,9-10,13-14,16H2,1H3,(H,25,27). The van der Waals surface area contributed by atoms with Gasteiger partial charge < -0.3 is 10.1 Å². The van der Waals surface area contributed by atoms with E-state index in [1.165, 1.54) is 28.1 Å². The van der Waals surface area contributed by atoms with E-state index in [2.05, 4.69) is 5.32 Å². The van der Waals surface area contributed by atoms with Gasteiger partial charge in [0.25, 0.3) is 5.91 Å². The molecule has 1 aliphatic rings. The van der Waals surface area contributed by atoms with E-state index in [0.29, 0.717) is 13.1 Å². The number of benzene rings is 2. The van der Waals surface area contributed by atoms with Crippen LogP contribution in [-0.4, -0.2) is 50.3 Å². The zero-order valence-electron chi connectivity index (χ0n) is 17.9. The van der Waals surface area contributed by atoms with Crippen molar-refractivity contribution in [3.63, 3.8) is 0 Å². The molecule has 1 amide bonds. The van der Waals surface area contributed by atoms with Crippen LogP contribution in [-0.2, 0) is 26.0 Å². The van der Waals surface area contributed by atoms with Crippen molar-refractivity contribution in [1.29, 1.82) is 0 Å². The predicted molar refractivity (Wildman–Crippen MR) is 122 cm³/mol. The van der Waals surface area contributed by atoms with Gasteiger partial charge in [-0.25, -0.2) is 13.2 Å². The Labute approximate surface area is 193 Å². The second kappa shape index (κ2) is 10.9. The molecule has 0 radical (unpaired) electrons. The number of amides is 1. The van der Waals surface area contributed by atoms with Crippen LogP contribution in [0.15, 0.2) is 53.4 Å². The summed E-state index contributed by atoms with van der Waals surface area (Å²) in [4.78, 5) is 24.4. The Morgan fingerprint density at radius 1 is 1.12 bits per heavy atom. The quantitative estimate of drug-likeness (QED) is 0.557. The number of carbonyl (C=O) groups excluding carboxylic acids is 2. The molecule has 1 saturated heterocycles. The van der Waals surface area contributed by atoms with Crippen LogP contribution in [0, 0.1) is 0 Å². The van der Waals surface area contributed by atoms with Gasteiger partial charge >= 0.3 is 5.97 Å². The molecule has 1 heterocycles. The molecule has 172 valence electrons. The third-order valence-electron chi connectivity index (χ3n) is 5.30. The number of sulfonamides is 1. The number of aryl methyl sites for hydroxylation is 1. The van der Waals surface area contributed by atoms with Crippen molar-refractivity contribution in [2.24, 2.45) is 0 Å². The van der Waals surface area contributed by atoms with Crippen molar-refractivity contribution in [3.05, 3.63) is 64.7 Å². The number of nitrogens with zero attached hydrogens (tertiary/aromatic N) is 1. The third kappa shape index (κ3) is 6.31. The molecule has 0 aliphatic carbocycles. The summed E-state index contributed by atoms with van der Waals surface area (Å²) >= 11 is 6.10. The van der Waals surface area contributed by atoms with Gasteiger partial charge in [0, 0.05) is 19.1 Å². The zero-order valence-corrected chi connectivity index (χ0v) is 19.5. The predicted octanol–water partition coefficient (Wildman–Crippen LogP) is 3.42. The van der Waals surface area contributed by atoms with E-state index in [1.807, 2.05) is 37.3 Å². The molecular weight excluding hydrogens is 452 g/mol. The van der Waals surface area contributed by atoms with Gasteiger partial charge in [-0.1, -0.05) is 41.9 Å². The van der Waals surface area contributed by atoms with Crippen molar-refractivity contribution in [2.45, 2.75) is 43.5 Å². The van der Waals surface area contributed by atoms with E-state index < -0.39 is 28.5 Å². The van der Waals surface area contributed by atoms with Crippen molar-refractivity contribution >= 4 is 33.5 Å². The highest BCUT2D eigenvalue weighted by Gasteiger charge is 2.30. The Morgan fingerprint density at radius 3 is 2.50 bits per heavy atom. The van der Waals surface area contributed by atoms with Crippen molar-refractivity contribution in [2.75, 3.05) is 19.7 Å². The fourth-order valence-corrected chi connectivity index (χ4v) is 5.54. The summed E-state index contributed by atoms with van der Waals surface area (Å²) in [6, 6.07) is 13.8. The molecule has 0 aromatic heterocycles. The number of rotatable bonds is 9. The summed E-state index contributed by atoms with van der Waals surface area (Å²) < 4.78 is 32.1. The topological polar surface area (TPSA) is 92.8 Å². The number of carbonyl (C=O) groups is 2. The summed E-state index contributed by atoms with van der Waals surface area (Å²) in [5.74, 6) is -1.20. The third-order valence-corrected chi connectivity index (χ3v) is 7.68. The summed E-state index contributed by atoms with van der Waals surface area (Å²) in [5.41, 5.74) is 1.21. The summed E-state index contributed by atoms with van der Waals surface area (Å²) in [6.45, 7) is 2.29. The highest BCUT2D eigenvalue weighted by molar-refractivity contribution is 7.89. The number of nitrogens with one attached hydrogen (secondary N) is 1. The largest absolute Gasteiger partial charge is 0.452 e. The van der Waals surface area contributed by atoms with Crippen LogP contribution in [0.25, 0.3) is 0 Å². The molecule has 1 N–H and O–H groups in total. The second-order valence-electron chi connectivity index (χ2n) is 7.83. The fourth-order valence-electron chi connectivity index (χ4n) is 3.53. The van der Waals surface area contributed by atoms with Crippen LogP contribution in [0.4, 0.5) is 0 Å². The SMILES string of the molecule is CC(CCc1ccccc1)NC(=O)COC(=O)c1ccc(Cl)c(S(=O)(=O)N2CCCC2)c1. The average Bonchev–Trinajstić information content (AvgIpc) is 3.33. The fraction of sp³-hybridized carbons (Fsp3) is 0.391. The molecule has 1 atom stereocenters. The number of esters is 1. The Bertz CT molecular complexity index is 1050. The monoisotopic (exact) mass is 478 g/mol. The zero-order chi connectivity index (χ0) is 23.1. The normalized spacial score (nSPS) is 15.3. The lowest BCUT2D eigenvalue weighted by Gasteiger charge is -2.17. The van der Waals surface area contributed by atoms with Crippen molar-refractivity contribution in [3.8, 4) is 0 Å². The second-order valence-corrected chi connectivity index (χ2v) is 10.1. The number of halogens is 1. The molecular formula is C23H27ClN2O5S. The van der Waals surface area contributed by atoms with E-state index in [0.717, 1.165) is 25.7 Å². The summed E-state index contributed by atoms with van der Waals surface area (Å²) in [5, 5.41) is 2.84.